The van der Waals surface area contributed by atoms with Gasteiger partial charge >= 0.3 is 0 Å². The summed E-state index contributed by atoms with van der Waals surface area (Å²) in [6.07, 6.45) is 0.504. The topological polar surface area (TPSA) is 30.2 Å². The normalized spacial score (nSPS) is 10.7. The maximum absolute atomic E-state index is 11.3. The molecule has 66 valence electrons. The van der Waals surface area contributed by atoms with Crippen molar-refractivity contribution in [3.8, 4) is 0 Å². The SMILES string of the molecule is CC(C)CC(=O)c1ccc(Cl)o1. The maximum atomic E-state index is 11.3. The molecule has 0 fully saturated rings. The van der Waals surface area contributed by atoms with Crippen molar-refractivity contribution in [2.24, 2.45) is 5.92 Å². The number of furan rings is 1. The maximum Gasteiger partial charge on any atom is 0.198 e. The third-order valence-electron chi connectivity index (χ3n) is 1.44. The van der Waals surface area contributed by atoms with Gasteiger partial charge in [-0.25, -0.2) is 0 Å². The molecular formula is C9H11ClO2. The second kappa shape index (κ2) is 3.76. The van der Waals surface area contributed by atoms with Gasteiger partial charge in [-0.3, -0.25) is 4.79 Å². The van der Waals surface area contributed by atoms with Crippen molar-refractivity contribution in [2.75, 3.05) is 0 Å². The summed E-state index contributed by atoms with van der Waals surface area (Å²) in [4.78, 5) is 11.3. The summed E-state index contributed by atoms with van der Waals surface area (Å²) in [6.45, 7) is 3.98. The Balaban J connectivity index is 2.65. The summed E-state index contributed by atoms with van der Waals surface area (Å²) in [5.74, 6) is 0.715. The lowest BCUT2D eigenvalue weighted by molar-refractivity contribution is 0.0941. The van der Waals surface area contributed by atoms with E-state index in [1.165, 1.54) is 0 Å². The standard InChI is InChI=1S/C9H11ClO2/c1-6(2)5-7(11)8-3-4-9(10)12-8/h3-4,6H,5H2,1-2H3. The zero-order chi connectivity index (χ0) is 9.14. The molecule has 0 amide bonds. The van der Waals surface area contributed by atoms with Crippen LogP contribution in [0.1, 0.15) is 30.8 Å². The quantitative estimate of drug-likeness (QED) is 0.679. The first-order valence-electron chi connectivity index (χ1n) is 3.88. The highest BCUT2D eigenvalue weighted by atomic mass is 35.5. The minimum Gasteiger partial charge on any atom is -0.442 e. The van der Waals surface area contributed by atoms with E-state index in [1.807, 2.05) is 13.8 Å². The van der Waals surface area contributed by atoms with E-state index in [4.69, 9.17) is 16.0 Å². The summed E-state index contributed by atoms with van der Waals surface area (Å²) in [5.41, 5.74) is 0. The molecule has 0 bridgehead atoms. The van der Waals surface area contributed by atoms with Crippen LogP contribution in [0.3, 0.4) is 0 Å². The van der Waals surface area contributed by atoms with Crippen molar-refractivity contribution >= 4 is 17.4 Å². The van der Waals surface area contributed by atoms with Gasteiger partial charge in [-0.05, 0) is 29.7 Å². The minimum atomic E-state index is 0.0110. The summed E-state index contributed by atoms with van der Waals surface area (Å²) in [5, 5.41) is 0.266. The Morgan fingerprint density at radius 2 is 2.25 bits per heavy atom. The molecule has 0 unspecified atom stereocenters. The molecule has 1 aromatic rings. The lowest BCUT2D eigenvalue weighted by Gasteiger charge is -1.99. The number of Topliss-reactive ketones (excluding diaryl/α,β-unsaturated/α-hetero) is 1. The lowest BCUT2D eigenvalue weighted by atomic mass is 10.1. The van der Waals surface area contributed by atoms with Gasteiger partial charge in [0.25, 0.3) is 0 Å². The van der Waals surface area contributed by atoms with Gasteiger partial charge in [0.1, 0.15) is 0 Å². The third kappa shape index (κ3) is 2.38. The Kier molecular flexibility index (Phi) is 2.93. The van der Waals surface area contributed by atoms with Crippen molar-refractivity contribution < 1.29 is 9.21 Å². The van der Waals surface area contributed by atoms with Gasteiger partial charge in [0.05, 0.1) is 0 Å². The first-order chi connectivity index (χ1) is 5.59. The lowest BCUT2D eigenvalue weighted by Crippen LogP contribution is -2.01. The van der Waals surface area contributed by atoms with Crippen LogP contribution in [0.25, 0.3) is 0 Å². The molecule has 1 heterocycles. The van der Waals surface area contributed by atoms with Gasteiger partial charge in [0, 0.05) is 6.42 Å². The zero-order valence-electron chi connectivity index (χ0n) is 7.13. The van der Waals surface area contributed by atoms with Crippen LogP contribution in [-0.2, 0) is 0 Å². The van der Waals surface area contributed by atoms with E-state index in [0.29, 0.717) is 18.1 Å². The van der Waals surface area contributed by atoms with E-state index in [1.54, 1.807) is 12.1 Å². The van der Waals surface area contributed by atoms with Crippen LogP contribution in [0.15, 0.2) is 16.5 Å². The molecule has 2 nitrogen and oxygen atoms in total. The Labute approximate surface area is 76.5 Å². The van der Waals surface area contributed by atoms with E-state index in [-0.39, 0.29) is 11.0 Å². The molecule has 0 spiro atoms. The van der Waals surface area contributed by atoms with Crippen LogP contribution in [0.4, 0.5) is 0 Å². The molecule has 0 saturated carbocycles. The van der Waals surface area contributed by atoms with Crippen LogP contribution in [0.5, 0.6) is 0 Å². The van der Waals surface area contributed by atoms with Gasteiger partial charge in [0.15, 0.2) is 16.8 Å². The number of carbonyl (C=O) groups is 1. The smallest absolute Gasteiger partial charge is 0.198 e. The number of halogens is 1. The van der Waals surface area contributed by atoms with Crippen molar-refractivity contribution in [2.45, 2.75) is 20.3 Å². The second-order valence-corrected chi connectivity index (χ2v) is 3.50. The average molecular weight is 187 g/mol. The Hall–Kier alpha value is -0.760. The molecule has 12 heavy (non-hydrogen) atoms. The molecule has 0 N–H and O–H groups in total. The van der Waals surface area contributed by atoms with Gasteiger partial charge in [0.2, 0.25) is 0 Å². The molecule has 0 saturated heterocycles. The number of ketones is 1. The monoisotopic (exact) mass is 186 g/mol. The van der Waals surface area contributed by atoms with Crippen LogP contribution in [0, 0.1) is 5.92 Å². The zero-order valence-corrected chi connectivity index (χ0v) is 7.89. The first-order valence-corrected chi connectivity index (χ1v) is 4.26. The van der Waals surface area contributed by atoms with Crippen LogP contribution >= 0.6 is 11.6 Å². The van der Waals surface area contributed by atoms with Crippen LogP contribution < -0.4 is 0 Å². The van der Waals surface area contributed by atoms with Gasteiger partial charge in [-0.1, -0.05) is 13.8 Å². The predicted molar refractivity (Wildman–Crippen MR) is 47.5 cm³/mol. The molecule has 0 atom stereocenters. The van der Waals surface area contributed by atoms with E-state index in [9.17, 15) is 4.79 Å². The van der Waals surface area contributed by atoms with Crippen LogP contribution in [-0.4, -0.2) is 5.78 Å². The first kappa shape index (κ1) is 9.33. The minimum absolute atomic E-state index is 0.0110. The molecule has 0 aliphatic carbocycles. The molecule has 0 radical (unpaired) electrons. The van der Waals surface area contributed by atoms with Crippen molar-refractivity contribution in [3.63, 3.8) is 0 Å². The largest absolute Gasteiger partial charge is 0.442 e. The molecule has 3 heteroatoms. The molecule has 1 rings (SSSR count). The summed E-state index contributed by atoms with van der Waals surface area (Å²) < 4.78 is 4.96. The fraction of sp³-hybridized carbons (Fsp3) is 0.444. The summed E-state index contributed by atoms with van der Waals surface area (Å²) in [6, 6.07) is 3.18. The second-order valence-electron chi connectivity index (χ2n) is 3.12. The van der Waals surface area contributed by atoms with E-state index in [0.717, 1.165) is 0 Å². The molecule has 0 aromatic carbocycles. The molecule has 1 aromatic heterocycles. The molecule has 0 aliphatic heterocycles. The molecular weight excluding hydrogens is 176 g/mol. The van der Waals surface area contributed by atoms with Gasteiger partial charge in [-0.15, -0.1) is 0 Å². The fourth-order valence-corrected chi connectivity index (χ4v) is 1.08. The van der Waals surface area contributed by atoms with Crippen molar-refractivity contribution in [1.29, 1.82) is 0 Å². The predicted octanol–water partition coefficient (Wildman–Crippen LogP) is 3.16. The Bertz CT molecular complexity index is 276. The fourth-order valence-electron chi connectivity index (χ4n) is 0.936. The number of hydrogen-bond acceptors (Lipinski definition) is 2. The Morgan fingerprint density at radius 3 is 2.67 bits per heavy atom. The number of hydrogen-bond donors (Lipinski definition) is 0. The van der Waals surface area contributed by atoms with Gasteiger partial charge < -0.3 is 4.42 Å². The number of rotatable bonds is 3. The number of carbonyl (C=O) groups excluding carboxylic acids is 1. The average Bonchev–Trinajstić information content (AvgIpc) is 2.34. The van der Waals surface area contributed by atoms with Crippen LogP contribution in [0.2, 0.25) is 5.22 Å². The summed E-state index contributed by atoms with van der Waals surface area (Å²) in [7, 11) is 0. The van der Waals surface area contributed by atoms with Crippen molar-refractivity contribution in [3.05, 3.63) is 23.1 Å². The Morgan fingerprint density at radius 1 is 1.58 bits per heavy atom. The van der Waals surface area contributed by atoms with E-state index in [2.05, 4.69) is 0 Å². The highest BCUT2D eigenvalue weighted by molar-refractivity contribution is 6.29. The highest BCUT2D eigenvalue weighted by Gasteiger charge is 2.11. The third-order valence-corrected chi connectivity index (χ3v) is 1.64. The van der Waals surface area contributed by atoms with E-state index >= 15 is 0 Å². The highest BCUT2D eigenvalue weighted by Crippen LogP contribution is 2.16. The summed E-state index contributed by atoms with van der Waals surface area (Å²) >= 11 is 5.52. The van der Waals surface area contributed by atoms with Gasteiger partial charge in [-0.2, -0.15) is 0 Å². The van der Waals surface area contributed by atoms with Crippen molar-refractivity contribution in [1.82, 2.24) is 0 Å². The molecule has 0 aliphatic rings. The van der Waals surface area contributed by atoms with E-state index < -0.39 is 0 Å².